The van der Waals surface area contributed by atoms with Gasteiger partial charge in [0.05, 0.1) is 18.0 Å². The van der Waals surface area contributed by atoms with Crippen molar-refractivity contribution < 1.29 is 22.0 Å². The summed E-state index contributed by atoms with van der Waals surface area (Å²) >= 11 is 0. The normalized spacial score (nSPS) is 11.5. The second kappa shape index (κ2) is 7.05. The van der Waals surface area contributed by atoms with Crippen molar-refractivity contribution in [3.8, 4) is 0 Å². The Hall–Kier alpha value is -2.33. The number of aryl methyl sites for hydroxylation is 2. The molecule has 1 heterocycles. The number of nitrogens with zero attached hydrogens (tertiary/aromatic N) is 3. The predicted octanol–water partition coefficient (Wildman–Crippen LogP) is 0.762. The van der Waals surface area contributed by atoms with E-state index in [9.17, 15) is 17.6 Å². The van der Waals surface area contributed by atoms with Crippen LogP contribution in [0.15, 0.2) is 27.5 Å². The standard InChI is InChI=1S/C14H17FN4O4S/c1-9-6-11(15)4-5-12(9)24(21,22)16-7-14(20)19(3)8-13-18-17-10(2)23-13/h4-6,16H,7-8H2,1-3H3. The first-order chi connectivity index (χ1) is 11.2. The van der Waals surface area contributed by atoms with E-state index in [-0.39, 0.29) is 22.9 Å². The fraction of sp³-hybridized carbons (Fsp3) is 0.357. The predicted molar refractivity (Wildman–Crippen MR) is 81.8 cm³/mol. The van der Waals surface area contributed by atoms with Gasteiger partial charge in [-0.25, -0.2) is 17.5 Å². The number of halogens is 1. The third kappa shape index (κ3) is 4.36. The molecule has 0 aliphatic heterocycles. The molecule has 2 aromatic rings. The van der Waals surface area contributed by atoms with E-state index in [1.165, 1.54) is 18.9 Å². The Kier molecular flexibility index (Phi) is 5.30. The zero-order valence-electron chi connectivity index (χ0n) is 13.4. The van der Waals surface area contributed by atoms with E-state index in [0.29, 0.717) is 5.89 Å². The number of nitrogens with one attached hydrogen (secondary N) is 1. The molecular weight excluding hydrogens is 339 g/mol. The fourth-order valence-electron chi connectivity index (χ4n) is 1.98. The molecular formula is C14H17FN4O4S. The maximum atomic E-state index is 13.1. The minimum absolute atomic E-state index is 0.0664. The molecule has 1 amide bonds. The monoisotopic (exact) mass is 356 g/mol. The van der Waals surface area contributed by atoms with Gasteiger partial charge in [0, 0.05) is 14.0 Å². The van der Waals surface area contributed by atoms with Crippen molar-refractivity contribution >= 4 is 15.9 Å². The molecule has 0 unspecified atom stereocenters. The van der Waals surface area contributed by atoms with Gasteiger partial charge in [0.2, 0.25) is 27.7 Å². The Bertz CT molecular complexity index is 850. The van der Waals surface area contributed by atoms with Crippen molar-refractivity contribution in [3.63, 3.8) is 0 Å². The summed E-state index contributed by atoms with van der Waals surface area (Å²) in [5.41, 5.74) is 0.254. The Labute approximate surface area is 138 Å². The van der Waals surface area contributed by atoms with E-state index in [0.717, 1.165) is 18.2 Å². The summed E-state index contributed by atoms with van der Waals surface area (Å²) in [5, 5.41) is 7.40. The highest BCUT2D eigenvalue weighted by atomic mass is 32.2. The SMILES string of the molecule is Cc1nnc(CN(C)C(=O)CNS(=O)(=O)c2ccc(F)cc2C)o1. The summed E-state index contributed by atoms with van der Waals surface area (Å²) < 4.78 is 44.8. The number of hydrogen-bond acceptors (Lipinski definition) is 6. The van der Waals surface area contributed by atoms with Crippen LogP contribution in [0.2, 0.25) is 0 Å². The molecule has 0 spiro atoms. The van der Waals surface area contributed by atoms with Crippen LogP contribution in [-0.4, -0.2) is 43.0 Å². The van der Waals surface area contributed by atoms with Crippen LogP contribution in [0.3, 0.4) is 0 Å². The zero-order chi connectivity index (χ0) is 17.9. The molecule has 0 saturated carbocycles. The number of carbonyl (C=O) groups excluding carboxylic acids is 1. The summed E-state index contributed by atoms with van der Waals surface area (Å²) in [7, 11) is -2.44. The second-order valence-electron chi connectivity index (χ2n) is 5.20. The Morgan fingerprint density at radius 2 is 2.04 bits per heavy atom. The highest BCUT2D eigenvalue weighted by molar-refractivity contribution is 7.89. The molecule has 1 aromatic heterocycles. The number of hydrogen-bond donors (Lipinski definition) is 1. The number of rotatable bonds is 6. The minimum atomic E-state index is -3.92. The molecule has 1 N–H and O–H groups in total. The van der Waals surface area contributed by atoms with Crippen molar-refractivity contribution in [2.45, 2.75) is 25.3 Å². The van der Waals surface area contributed by atoms with E-state index in [4.69, 9.17) is 4.42 Å². The first kappa shape index (κ1) is 18.0. The average Bonchev–Trinajstić information content (AvgIpc) is 2.89. The molecule has 0 atom stereocenters. The van der Waals surface area contributed by atoms with E-state index in [1.54, 1.807) is 6.92 Å². The smallest absolute Gasteiger partial charge is 0.241 e. The van der Waals surface area contributed by atoms with E-state index in [1.807, 2.05) is 0 Å². The number of aromatic nitrogens is 2. The lowest BCUT2D eigenvalue weighted by Gasteiger charge is -2.15. The van der Waals surface area contributed by atoms with Gasteiger partial charge >= 0.3 is 0 Å². The van der Waals surface area contributed by atoms with E-state index < -0.39 is 28.3 Å². The van der Waals surface area contributed by atoms with Gasteiger partial charge in [0.1, 0.15) is 5.82 Å². The molecule has 2 rings (SSSR count). The molecule has 0 bridgehead atoms. The quantitative estimate of drug-likeness (QED) is 0.819. The molecule has 0 aliphatic rings. The number of likely N-dealkylation sites (N-methyl/N-ethyl adjacent to an activating group) is 1. The van der Waals surface area contributed by atoms with Crippen molar-refractivity contribution in [2.24, 2.45) is 0 Å². The number of benzene rings is 1. The van der Waals surface area contributed by atoms with Crippen LogP contribution in [0.1, 0.15) is 17.3 Å². The largest absolute Gasteiger partial charge is 0.424 e. The van der Waals surface area contributed by atoms with Gasteiger partial charge in [-0.2, -0.15) is 0 Å². The molecule has 0 saturated heterocycles. The summed E-state index contributed by atoms with van der Waals surface area (Å²) in [5.74, 6) is -0.384. The van der Waals surface area contributed by atoms with Gasteiger partial charge < -0.3 is 9.32 Å². The fourth-order valence-corrected chi connectivity index (χ4v) is 3.18. The highest BCUT2D eigenvalue weighted by Crippen LogP contribution is 2.15. The minimum Gasteiger partial charge on any atom is -0.424 e. The van der Waals surface area contributed by atoms with Crippen molar-refractivity contribution in [3.05, 3.63) is 41.4 Å². The van der Waals surface area contributed by atoms with Gasteiger partial charge in [0.15, 0.2) is 0 Å². The highest BCUT2D eigenvalue weighted by Gasteiger charge is 2.20. The van der Waals surface area contributed by atoms with E-state index >= 15 is 0 Å². The van der Waals surface area contributed by atoms with E-state index in [2.05, 4.69) is 14.9 Å². The van der Waals surface area contributed by atoms with Gasteiger partial charge in [-0.1, -0.05) is 0 Å². The molecule has 0 aliphatic carbocycles. The molecule has 8 nitrogen and oxygen atoms in total. The van der Waals surface area contributed by atoms with Gasteiger partial charge in [0.25, 0.3) is 0 Å². The maximum Gasteiger partial charge on any atom is 0.241 e. The molecule has 1 aromatic carbocycles. The third-order valence-electron chi connectivity index (χ3n) is 3.21. The van der Waals surface area contributed by atoms with Crippen molar-refractivity contribution in [2.75, 3.05) is 13.6 Å². The van der Waals surface area contributed by atoms with Crippen LogP contribution >= 0.6 is 0 Å². The van der Waals surface area contributed by atoms with Crippen molar-refractivity contribution in [1.29, 1.82) is 0 Å². The van der Waals surface area contributed by atoms with Gasteiger partial charge in [-0.05, 0) is 30.7 Å². The molecule has 0 radical (unpaired) electrons. The lowest BCUT2D eigenvalue weighted by molar-refractivity contribution is -0.129. The molecule has 24 heavy (non-hydrogen) atoms. The summed E-state index contributed by atoms with van der Waals surface area (Å²) in [4.78, 5) is 13.2. The summed E-state index contributed by atoms with van der Waals surface area (Å²) in [6.45, 7) is 2.72. The van der Waals surface area contributed by atoms with Crippen LogP contribution in [0.25, 0.3) is 0 Å². The topological polar surface area (TPSA) is 105 Å². The van der Waals surface area contributed by atoms with Gasteiger partial charge in [-0.15, -0.1) is 10.2 Å². The van der Waals surface area contributed by atoms with Crippen LogP contribution in [0.4, 0.5) is 4.39 Å². The number of amides is 1. The Balaban J connectivity index is 1.99. The van der Waals surface area contributed by atoms with Crippen molar-refractivity contribution in [1.82, 2.24) is 19.8 Å². The van der Waals surface area contributed by atoms with Crippen LogP contribution in [-0.2, 0) is 21.4 Å². The lowest BCUT2D eigenvalue weighted by Crippen LogP contribution is -2.38. The Morgan fingerprint density at radius 3 is 2.62 bits per heavy atom. The first-order valence-electron chi connectivity index (χ1n) is 6.98. The van der Waals surface area contributed by atoms with Crippen LogP contribution in [0, 0.1) is 19.7 Å². The molecule has 10 heteroatoms. The van der Waals surface area contributed by atoms with Crippen LogP contribution < -0.4 is 4.72 Å². The molecule has 0 fully saturated rings. The third-order valence-corrected chi connectivity index (χ3v) is 4.77. The average molecular weight is 356 g/mol. The van der Waals surface area contributed by atoms with Gasteiger partial charge in [-0.3, -0.25) is 4.79 Å². The summed E-state index contributed by atoms with van der Waals surface area (Å²) in [6.07, 6.45) is 0. The van der Waals surface area contributed by atoms with Crippen LogP contribution in [0.5, 0.6) is 0 Å². The maximum absolute atomic E-state index is 13.1. The first-order valence-corrected chi connectivity index (χ1v) is 8.46. The molecule has 130 valence electrons. The summed E-state index contributed by atoms with van der Waals surface area (Å²) in [6, 6.07) is 3.32. The number of sulfonamides is 1. The zero-order valence-corrected chi connectivity index (χ0v) is 14.2. The Morgan fingerprint density at radius 1 is 1.33 bits per heavy atom. The second-order valence-corrected chi connectivity index (χ2v) is 6.93. The number of carbonyl (C=O) groups is 1. The lowest BCUT2D eigenvalue weighted by atomic mass is 10.2.